The van der Waals surface area contributed by atoms with Gasteiger partial charge in [0, 0.05) is 11.4 Å². The lowest BCUT2D eigenvalue weighted by atomic mass is 10.1. The number of hydrogen-bond donors (Lipinski definition) is 2. The van der Waals surface area contributed by atoms with Gasteiger partial charge in [-0.05, 0) is 50.4 Å². The first kappa shape index (κ1) is 22.6. The minimum absolute atomic E-state index is 0.0277. The third kappa shape index (κ3) is 5.34. The number of carbonyl (C=O) groups is 1. The molecule has 1 amide bonds. The molecule has 3 aromatic rings. The molecule has 0 fully saturated rings. The highest BCUT2D eigenvalue weighted by Crippen LogP contribution is 2.29. The number of anilines is 1. The van der Waals surface area contributed by atoms with Crippen LogP contribution in [0.25, 0.3) is 10.8 Å². The van der Waals surface area contributed by atoms with Gasteiger partial charge < -0.3 is 14.8 Å². The molecule has 0 bridgehead atoms. The van der Waals surface area contributed by atoms with E-state index in [0.29, 0.717) is 11.5 Å². The second kappa shape index (κ2) is 9.36. The maximum absolute atomic E-state index is 12.8. The lowest BCUT2D eigenvalue weighted by molar-refractivity contribution is -0.122. The Hall–Kier alpha value is -3.10. The van der Waals surface area contributed by atoms with Crippen LogP contribution >= 0.6 is 0 Å². The maximum Gasteiger partial charge on any atom is 0.265 e. The molecule has 0 aromatic heterocycles. The van der Waals surface area contributed by atoms with Gasteiger partial charge in [0.25, 0.3) is 5.91 Å². The second-order valence-electron chi connectivity index (χ2n) is 7.36. The lowest BCUT2D eigenvalue weighted by Crippen LogP contribution is -2.31. The molecule has 0 heterocycles. The van der Waals surface area contributed by atoms with Gasteiger partial charge in [0.2, 0.25) is 10.0 Å². The Kier molecular flexibility index (Phi) is 6.82. The van der Waals surface area contributed by atoms with Crippen molar-refractivity contribution in [2.75, 3.05) is 12.4 Å². The van der Waals surface area contributed by atoms with Gasteiger partial charge in [-0.3, -0.25) is 4.79 Å². The monoisotopic (exact) mass is 442 g/mol. The molecule has 0 radical (unpaired) electrons. The van der Waals surface area contributed by atoms with Crippen LogP contribution in [0.3, 0.4) is 0 Å². The molecule has 7 nitrogen and oxygen atoms in total. The molecule has 0 saturated heterocycles. The first-order valence-corrected chi connectivity index (χ1v) is 11.3. The summed E-state index contributed by atoms with van der Waals surface area (Å²) in [7, 11) is -2.28. The summed E-state index contributed by atoms with van der Waals surface area (Å²) in [6.45, 7) is 5.09. The summed E-state index contributed by atoms with van der Waals surface area (Å²) >= 11 is 0. The molecule has 0 aliphatic rings. The number of fused-ring (bicyclic) bond motifs is 1. The van der Waals surface area contributed by atoms with Crippen molar-refractivity contribution in [1.29, 1.82) is 0 Å². The molecule has 3 aromatic carbocycles. The van der Waals surface area contributed by atoms with E-state index in [1.54, 1.807) is 26.8 Å². The number of hydrogen-bond acceptors (Lipinski definition) is 5. The van der Waals surface area contributed by atoms with E-state index in [1.165, 1.54) is 25.3 Å². The molecular weight excluding hydrogens is 416 g/mol. The molecule has 3 rings (SSSR count). The quantitative estimate of drug-likeness (QED) is 0.551. The van der Waals surface area contributed by atoms with Crippen molar-refractivity contribution in [3.63, 3.8) is 0 Å². The smallest absolute Gasteiger partial charge is 0.265 e. The highest BCUT2D eigenvalue weighted by molar-refractivity contribution is 7.89. The van der Waals surface area contributed by atoms with Crippen molar-refractivity contribution >= 4 is 32.4 Å². The maximum atomic E-state index is 12.8. The van der Waals surface area contributed by atoms with E-state index >= 15 is 0 Å². The van der Waals surface area contributed by atoms with Crippen LogP contribution in [0.5, 0.6) is 11.5 Å². The fourth-order valence-electron chi connectivity index (χ4n) is 3.11. The predicted molar refractivity (Wildman–Crippen MR) is 121 cm³/mol. The van der Waals surface area contributed by atoms with Crippen LogP contribution in [0.4, 0.5) is 5.69 Å². The average Bonchev–Trinajstić information content (AvgIpc) is 2.73. The molecule has 0 spiro atoms. The fraction of sp³-hybridized carbons (Fsp3) is 0.261. The summed E-state index contributed by atoms with van der Waals surface area (Å²) in [6.07, 6.45) is -0.829. The number of rotatable bonds is 8. The third-order valence-corrected chi connectivity index (χ3v) is 6.21. The van der Waals surface area contributed by atoms with E-state index in [-0.39, 0.29) is 16.6 Å². The Bertz CT molecular complexity index is 1190. The molecule has 1 unspecified atom stereocenters. The average molecular weight is 443 g/mol. The molecule has 0 aliphatic heterocycles. The second-order valence-corrected chi connectivity index (χ2v) is 9.08. The topological polar surface area (TPSA) is 93.7 Å². The SMILES string of the molecule is COc1ccc(S(=O)(=O)NC(C)C)cc1NC(=O)C(C)Oc1cccc2ccccc12. The van der Waals surface area contributed by atoms with Crippen LogP contribution < -0.4 is 19.5 Å². The summed E-state index contributed by atoms with van der Waals surface area (Å²) in [4.78, 5) is 12.8. The summed E-state index contributed by atoms with van der Waals surface area (Å²) in [6, 6.07) is 17.4. The Morgan fingerprint density at radius 1 is 0.935 bits per heavy atom. The first-order valence-electron chi connectivity index (χ1n) is 9.87. The minimum atomic E-state index is -3.72. The van der Waals surface area contributed by atoms with E-state index in [0.717, 1.165) is 10.8 Å². The predicted octanol–water partition coefficient (Wildman–Crippen LogP) is 3.94. The van der Waals surface area contributed by atoms with Gasteiger partial charge in [-0.2, -0.15) is 0 Å². The highest BCUT2D eigenvalue weighted by Gasteiger charge is 2.21. The van der Waals surface area contributed by atoms with E-state index in [4.69, 9.17) is 9.47 Å². The Morgan fingerprint density at radius 2 is 1.65 bits per heavy atom. The number of nitrogens with one attached hydrogen (secondary N) is 2. The van der Waals surface area contributed by atoms with Gasteiger partial charge in [-0.1, -0.05) is 36.4 Å². The van der Waals surface area contributed by atoms with Crippen LogP contribution in [0.2, 0.25) is 0 Å². The van der Waals surface area contributed by atoms with E-state index in [9.17, 15) is 13.2 Å². The zero-order valence-corrected chi connectivity index (χ0v) is 18.7. The highest BCUT2D eigenvalue weighted by atomic mass is 32.2. The summed E-state index contributed by atoms with van der Waals surface area (Å²) in [5.74, 6) is 0.497. The fourth-order valence-corrected chi connectivity index (χ4v) is 4.38. The standard InChI is InChI=1S/C23H26N2O5S/c1-15(2)25-31(27,28)18-12-13-22(29-4)20(14-18)24-23(26)16(3)30-21-11-7-9-17-8-5-6-10-19(17)21/h5-16,25H,1-4H3,(H,24,26). The molecule has 164 valence electrons. The van der Waals surface area contributed by atoms with Crippen LogP contribution in [0.1, 0.15) is 20.8 Å². The van der Waals surface area contributed by atoms with Crippen molar-refractivity contribution in [2.24, 2.45) is 0 Å². The van der Waals surface area contributed by atoms with E-state index < -0.39 is 22.0 Å². The zero-order valence-electron chi connectivity index (χ0n) is 17.9. The van der Waals surface area contributed by atoms with Gasteiger partial charge in [-0.15, -0.1) is 0 Å². The zero-order chi connectivity index (χ0) is 22.6. The van der Waals surface area contributed by atoms with Crippen molar-refractivity contribution in [3.05, 3.63) is 60.7 Å². The molecular formula is C23H26N2O5S. The minimum Gasteiger partial charge on any atom is -0.495 e. The van der Waals surface area contributed by atoms with E-state index in [1.807, 2.05) is 36.4 Å². The first-order chi connectivity index (χ1) is 14.7. The number of ether oxygens (including phenoxy) is 2. The number of amides is 1. The van der Waals surface area contributed by atoms with Crippen molar-refractivity contribution < 1.29 is 22.7 Å². The molecule has 0 saturated carbocycles. The van der Waals surface area contributed by atoms with E-state index in [2.05, 4.69) is 10.0 Å². The summed E-state index contributed by atoms with van der Waals surface area (Å²) in [5.41, 5.74) is 0.243. The number of benzene rings is 3. The molecule has 1 atom stereocenters. The van der Waals surface area contributed by atoms with Crippen molar-refractivity contribution in [2.45, 2.75) is 37.8 Å². The Balaban J connectivity index is 1.82. The van der Waals surface area contributed by atoms with Gasteiger partial charge in [0.1, 0.15) is 11.5 Å². The Morgan fingerprint density at radius 3 is 2.35 bits per heavy atom. The lowest BCUT2D eigenvalue weighted by Gasteiger charge is -2.18. The molecule has 2 N–H and O–H groups in total. The van der Waals surface area contributed by atoms with Gasteiger partial charge in [0.05, 0.1) is 17.7 Å². The van der Waals surface area contributed by atoms with Crippen molar-refractivity contribution in [1.82, 2.24) is 4.72 Å². The number of methoxy groups -OCH3 is 1. The molecule has 0 aliphatic carbocycles. The van der Waals surface area contributed by atoms with Gasteiger partial charge in [0.15, 0.2) is 6.10 Å². The molecule has 8 heteroatoms. The normalized spacial score (nSPS) is 12.5. The largest absolute Gasteiger partial charge is 0.495 e. The third-order valence-electron chi connectivity index (χ3n) is 4.55. The van der Waals surface area contributed by atoms with Gasteiger partial charge in [-0.25, -0.2) is 13.1 Å². The molecule has 31 heavy (non-hydrogen) atoms. The van der Waals surface area contributed by atoms with Gasteiger partial charge >= 0.3 is 0 Å². The van der Waals surface area contributed by atoms with Crippen molar-refractivity contribution in [3.8, 4) is 11.5 Å². The van der Waals surface area contributed by atoms with Crippen LogP contribution in [0.15, 0.2) is 65.6 Å². The number of sulfonamides is 1. The van der Waals surface area contributed by atoms with Crippen LogP contribution in [-0.4, -0.2) is 33.6 Å². The summed E-state index contributed by atoms with van der Waals surface area (Å²) in [5, 5.41) is 4.62. The van der Waals surface area contributed by atoms with Crippen LogP contribution in [-0.2, 0) is 14.8 Å². The summed E-state index contributed by atoms with van der Waals surface area (Å²) < 4.78 is 38.7. The van der Waals surface area contributed by atoms with Crippen LogP contribution in [0, 0.1) is 0 Å². The number of carbonyl (C=O) groups excluding carboxylic acids is 1. The Labute approximate surface area is 182 Å².